The maximum Gasteiger partial charge on any atom is 0.264 e. The van der Waals surface area contributed by atoms with Crippen LogP contribution in [-0.2, 0) is 5.41 Å². The van der Waals surface area contributed by atoms with E-state index in [0.717, 1.165) is 27.9 Å². The number of aromatic amines is 1. The molecule has 1 aromatic rings. The number of halogens is 1. The topological polar surface area (TPSA) is 45.8 Å². The molecule has 0 saturated heterocycles. The van der Waals surface area contributed by atoms with Crippen molar-refractivity contribution < 1.29 is 0 Å². The van der Waals surface area contributed by atoms with Crippen molar-refractivity contribution >= 4 is 22.6 Å². The van der Waals surface area contributed by atoms with Crippen molar-refractivity contribution in [1.29, 1.82) is 0 Å². The zero-order valence-corrected chi connectivity index (χ0v) is 15.3. The average molecular weight is 388 g/mol. The minimum Gasteiger partial charge on any atom is -0.309 e. The first kappa shape index (κ1) is 16.0. The Morgan fingerprint density at radius 3 is 2.30 bits per heavy atom. The van der Waals surface area contributed by atoms with Gasteiger partial charge in [0.05, 0.1) is 5.69 Å². The van der Waals surface area contributed by atoms with Crippen molar-refractivity contribution in [3.05, 3.63) is 25.4 Å². The van der Waals surface area contributed by atoms with Crippen LogP contribution in [0.2, 0.25) is 0 Å². The largest absolute Gasteiger partial charge is 0.309 e. The quantitative estimate of drug-likeness (QED) is 0.727. The van der Waals surface area contributed by atoms with Crippen molar-refractivity contribution in [2.75, 3.05) is 0 Å². The molecule has 0 aromatic carbocycles. The van der Waals surface area contributed by atoms with Crippen LogP contribution in [0.25, 0.3) is 0 Å². The molecule has 112 valence electrons. The highest BCUT2D eigenvalue weighted by atomic mass is 127. The molecule has 0 spiro atoms. The molecule has 3 nitrogen and oxygen atoms in total. The molecule has 1 aliphatic rings. The molecule has 1 saturated carbocycles. The summed E-state index contributed by atoms with van der Waals surface area (Å²) in [6.07, 6.45) is 4.66. The molecule has 1 N–H and O–H groups in total. The fourth-order valence-electron chi connectivity index (χ4n) is 2.84. The molecule has 1 heterocycles. The molecule has 2 rings (SSSR count). The van der Waals surface area contributed by atoms with E-state index >= 15 is 0 Å². The molecule has 1 fully saturated rings. The van der Waals surface area contributed by atoms with Crippen LogP contribution in [0.1, 0.15) is 77.7 Å². The standard InChI is InChI=1S/C16H25IN2O/c1-15(2,3)12-11(17)14(20)19-13(18-12)10-6-8-16(4,5)9-7-10/h10H,6-9H2,1-5H3,(H,18,19,20). The van der Waals surface area contributed by atoms with Gasteiger partial charge in [-0.2, -0.15) is 0 Å². The van der Waals surface area contributed by atoms with Gasteiger partial charge in [0, 0.05) is 11.3 Å². The van der Waals surface area contributed by atoms with Gasteiger partial charge in [0.2, 0.25) is 0 Å². The number of hydrogen-bond acceptors (Lipinski definition) is 2. The zero-order valence-electron chi connectivity index (χ0n) is 13.1. The summed E-state index contributed by atoms with van der Waals surface area (Å²) < 4.78 is 0.731. The highest BCUT2D eigenvalue weighted by Crippen LogP contribution is 2.41. The van der Waals surface area contributed by atoms with E-state index in [2.05, 4.69) is 62.2 Å². The minimum absolute atomic E-state index is 0.0189. The van der Waals surface area contributed by atoms with E-state index in [1.807, 2.05) is 0 Å². The number of nitrogens with one attached hydrogen (secondary N) is 1. The molecule has 1 aromatic heterocycles. The van der Waals surface area contributed by atoms with E-state index in [1.165, 1.54) is 12.8 Å². The Kier molecular flexibility index (Phi) is 4.34. The fraction of sp³-hybridized carbons (Fsp3) is 0.750. The van der Waals surface area contributed by atoms with Crippen LogP contribution < -0.4 is 5.56 Å². The Balaban J connectivity index is 2.35. The normalized spacial score (nSPS) is 20.1. The van der Waals surface area contributed by atoms with Crippen molar-refractivity contribution in [2.45, 2.75) is 71.6 Å². The summed E-state index contributed by atoms with van der Waals surface area (Å²) in [6, 6.07) is 0. The van der Waals surface area contributed by atoms with Gasteiger partial charge < -0.3 is 4.98 Å². The van der Waals surface area contributed by atoms with E-state index < -0.39 is 0 Å². The summed E-state index contributed by atoms with van der Waals surface area (Å²) in [6.45, 7) is 11.0. The molecule has 0 aliphatic heterocycles. The number of aromatic nitrogens is 2. The summed E-state index contributed by atoms with van der Waals surface area (Å²) in [5, 5.41) is 0. The molecule has 0 bridgehead atoms. The minimum atomic E-state index is -0.0898. The number of rotatable bonds is 1. The molecule has 0 atom stereocenters. The van der Waals surface area contributed by atoms with E-state index in [1.54, 1.807) is 0 Å². The predicted octanol–water partition coefficient (Wildman–Crippen LogP) is 4.36. The molecule has 20 heavy (non-hydrogen) atoms. The Morgan fingerprint density at radius 1 is 1.25 bits per heavy atom. The summed E-state index contributed by atoms with van der Waals surface area (Å²) in [7, 11) is 0. The first-order valence-corrected chi connectivity index (χ1v) is 8.48. The van der Waals surface area contributed by atoms with Gasteiger partial charge in [0.15, 0.2) is 0 Å². The molecule has 0 unspecified atom stereocenters. The number of hydrogen-bond donors (Lipinski definition) is 1. The van der Waals surface area contributed by atoms with Gasteiger partial charge in [-0.25, -0.2) is 4.98 Å². The van der Waals surface area contributed by atoms with Gasteiger partial charge in [0.1, 0.15) is 9.39 Å². The van der Waals surface area contributed by atoms with Crippen LogP contribution in [0.3, 0.4) is 0 Å². The van der Waals surface area contributed by atoms with Gasteiger partial charge in [-0.15, -0.1) is 0 Å². The Hall–Kier alpha value is -0.390. The first-order chi connectivity index (χ1) is 9.10. The summed E-state index contributed by atoms with van der Waals surface area (Å²) in [5.41, 5.74) is 1.30. The van der Waals surface area contributed by atoms with Gasteiger partial charge in [0.25, 0.3) is 5.56 Å². The predicted molar refractivity (Wildman–Crippen MR) is 91.3 cm³/mol. The van der Waals surface area contributed by atoms with Gasteiger partial charge in [-0.3, -0.25) is 4.79 Å². The lowest BCUT2D eigenvalue weighted by atomic mass is 9.73. The summed E-state index contributed by atoms with van der Waals surface area (Å²) in [4.78, 5) is 20.0. The maximum atomic E-state index is 12.2. The zero-order chi connectivity index (χ0) is 15.1. The molecular formula is C16H25IN2O. The van der Waals surface area contributed by atoms with Crippen LogP contribution in [0.15, 0.2) is 4.79 Å². The Bertz CT molecular complexity index is 545. The van der Waals surface area contributed by atoms with E-state index in [0.29, 0.717) is 11.3 Å². The van der Waals surface area contributed by atoms with Crippen LogP contribution in [0, 0.1) is 8.99 Å². The number of H-pyrrole nitrogens is 1. The van der Waals surface area contributed by atoms with Crippen molar-refractivity contribution in [2.24, 2.45) is 5.41 Å². The Morgan fingerprint density at radius 2 is 1.80 bits per heavy atom. The lowest BCUT2D eigenvalue weighted by molar-refractivity contribution is 0.220. The Labute approximate surface area is 135 Å². The number of nitrogens with zero attached hydrogens (tertiary/aromatic N) is 1. The second kappa shape index (κ2) is 5.43. The first-order valence-electron chi connectivity index (χ1n) is 7.40. The van der Waals surface area contributed by atoms with Crippen molar-refractivity contribution in [1.82, 2.24) is 9.97 Å². The second-order valence-electron chi connectivity index (χ2n) is 7.80. The van der Waals surface area contributed by atoms with E-state index in [4.69, 9.17) is 4.98 Å². The highest BCUT2D eigenvalue weighted by Gasteiger charge is 2.30. The monoisotopic (exact) mass is 388 g/mol. The molecule has 0 radical (unpaired) electrons. The third kappa shape index (κ3) is 3.43. The van der Waals surface area contributed by atoms with Crippen LogP contribution in [0.5, 0.6) is 0 Å². The maximum absolute atomic E-state index is 12.2. The van der Waals surface area contributed by atoms with E-state index in [9.17, 15) is 4.79 Å². The molecule has 1 aliphatic carbocycles. The summed E-state index contributed by atoms with van der Waals surface area (Å²) in [5.74, 6) is 1.31. The van der Waals surface area contributed by atoms with Gasteiger partial charge in [-0.1, -0.05) is 34.6 Å². The van der Waals surface area contributed by atoms with Crippen LogP contribution >= 0.6 is 22.6 Å². The SMILES string of the molecule is CC1(C)CCC(c2nc(C(C)(C)C)c(I)c(=O)[nH]2)CC1. The van der Waals surface area contributed by atoms with Gasteiger partial charge >= 0.3 is 0 Å². The average Bonchev–Trinajstić information content (AvgIpc) is 2.31. The third-order valence-corrected chi connectivity index (χ3v) is 5.32. The van der Waals surface area contributed by atoms with Gasteiger partial charge in [-0.05, 0) is 53.7 Å². The lowest BCUT2D eigenvalue weighted by Gasteiger charge is -2.34. The van der Waals surface area contributed by atoms with Crippen molar-refractivity contribution in [3.8, 4) is 0 Å². The fourth-order valence-corrected chi connectivity index (χ4v) is 3.90. The molecule has 0 amide bonds. The lowest BCUT2D eigenvalue weighted by Crippen LogP contribution is -2.28. The van der Waals surface area contributed by atoms with E-state index in [-0.39, 0.29) is 11.0 Å². The highest BCUT2D eigenvalue weighted by molar-refractivity contribution is 14.1. The molecule has 4 heteroatoms. The second-order valence-corrected chi connectivity index (χ2v) is 8.88. The smallest absolute Gasteiger partial charge is 0.264 e. The van der Waals surface area contributed by atoms with Crippen LogP contribution in [-0.4, -0.2) is 9.97 Å². The summed E-state index contributed by atoms with van der Waals surface area (Å²) >= 11 is 2.12. The van der Waals surface area contributed by atoms with Crippen molar-refractivity contribution in [3.63, 3.8) is 0 Å². The van der Waals surface area contributed by atoms with Crippen LogP contribution in [0.4, 0.5) is 0 Å². The molecular weight excluding hydrogens is 363 g/mol. The third-order valence-electron chi connectivity index (χ3n) is 4.32.